The van der Waals surface area contributed by atoms with Crippen LogP contribution in [-0.4, -0.2) is 29.0 Å². The van der Waals surface area contributed by atoms with Crippen molar-refractivity contribution in [2.45, 2.75) is 33.7 Å². The number of aromatic nitrogens is 1. The van der Waals surface area contributed by atoms with E-state index in [2.05, 4.69) is 0 Å². The van der Waals surface area contributed by atoms with E-state index in [1.807, 2.05) is 37.5 Å². The monoisotopic (exact) mass is 302 g/mol. The molecule has 1 aromatic carbocycles. The molecule has 2 rings (SSSR count). The van der Waals surface area contributed by atoms with Gasteiger partial charge in [-0.25, -0.2) is 4.39 Å². The van der Waals surface area contributed by atoms with Crippen LogP contribution in [0.3, 0.4) is 0 Å². The van der Waals surface area contributed by atoms with Crippen molar-refractivity contribution in [3.8, 4) is 0 Å². The Bertz CT molecular complexity index is 676. The molecule has 0 saturated carbocycles. The number of carbonyl (C=O) groups excluding carboxylic acids is 1. The molecule has 0 spiro atoms. The van der Waals surface area contributed by atoms with Crippen LogP contribution in [-0.2, 0) is 6.54 Å². The lowest BCUT2D eigenvalue weighted by molar-refractivity contribution is 0.0784. The van der Waals surface area contributed by atoms with Crippen LogP contribution in [0.2, 0.25) is 0 Å². The Morgan fingerprint density at radius 3 is 2.59 bits per heavy atom. The van der Waals surface area contributed by atoms with E-state index in [1.54, 1.807) is 24.1 Å². The van der Waals surface area contributed by atoms with Gasteiger partial charge in [0, 0.05) is 24.8 Å². The number of nitrogens with zero attached hydrogens (tertiary/aromatic N) is 2. The average Bonchev–Trinajstić information content (AvgIpc) is 2.75. The third kappa shape index (κ3) is 3.21. The Hall–Kier alpha value is -2.10. The maximum Gasteiger partial charge on any atom is 0.270 e. The van der Waals surface area contributed by atoms with E-state index in [4.69, 9.17) is 0 Å². The van der Waals surface area contributed by atoms with Gasteiger partial charge in [-0.1, -0.05) is 25.1 Å². The van der Waals surface area contributed by atoms with E-state index in [0.29, 0.717) is 24.3 Å². The van der Waals surface area contributed by atoms with Crippen molar-refractivity contribution >= 4 is 5.91 Å². The maximum atomic E-state index is 13.9. The number of amides is 1. The van der Waals surface area contributed by atoms with Gasteiger partial charge in [0.25, 0.3) is 5.91 Å². The third-order valence-electron chi connectivity index (χ3n) is 3.89. The van der Waals surface area contributed by atoms with Gasteiger partial charge < -0.3 is 9.47 Å². The predicted octanol–water partition coefficient (Wildman–Crippen LogP) is 3.77. The average molecular weight is 302 g/mol. The van der Waals surface area contributed by atoms with Crippen LogP contribution in [0, 0.1) is 19.7 Å². The number of benzene rings is 1. The second kappa shape index (κ2) is 6.77. The summed E-state index contributed by atoms with van der Waals surface area (Å²) < 4.78 is 15.8. The molecule has 3 nitrogen and oxygen atoms in total. The van der Waals surface area contributed by atoms with Crippen LogP contribution in [0.15, 0.2) is 30.3 Å². The molecular weight excluding hydrogens is 279 g/mol. The van der Waals surface area contributed by atoms with Gasteiger partial charge in [-0.15, -0.1) is 0 Å². The predicted molar refractivity (Wildman–Crippen MR) is 86.7 cm³/mol. The lowest BCUT2D eigenvalue weighted by atomic mass is 10.2. The van der Waals surface area contributed by atoms with Crippen LogP contribution in [0.25, 0.3) is 0 Å². The number of hydrogen-bond donors (Lipinski definition) is 0. The molecule has 1 amide bonds. The lowest BCUT2D eigenvalue weighted by Gasteiger charge is -2.19. The smallest absolute Gasteiger partial charge is 0.270 e. The summed E-state index contributed by atoms with van der Waals surface area (Å²) in [6.07, 6.45) is 0.911. The first-order valence-electron chi connectivity index (χ1n) is 7.61. The Morgan fingerprint density at radius 1 is 1.27 bits per heavy atom. The van der Waals surface area contributed by atoms with Crippen molar-refractivity contribution < 1.29 is 9.18 Å². The lowest BCUT2D eigenvalue weighted by Crippen LogP contribution is -2.30. The van der Waals surface area contributed by atoms with Crippen LogP contribution in [0.4, 0.5) is 4.39 Å². The number of rotatable bonds is 5. The second-order valence-electron chi connectivity index (χ2n) is 5.72. The number of aryl methyl sites for hydroxylation is 2. The van der Waals surface area contributed by atoms with Crippen molar-refractivity contribution in [3.63, 3.8) is 0 Å². The van der Waals surface area contributed by atoms with Gasteiger partial charge in [0.05, 0.1) is 6.54 Å². The van der Waals surface area contributed by atoms with Gasteiger partial charge >= 0.3 is 0 Å². The fraction of sp³-hybridized carbons (Fsp3) is 0.389. The molecule has 0 radical (unpaired) electrons. The van der Waals surface area contributed by atoms with E-state index >= 15 is 0 Å². The van der Waals surface area contributed by atoms with E-state index < -0.39 is 0 Å². The summed E-state index contributed by atoms with van der Waals surface area (Å²) in [6, 6.07) is 8.68. The molecule has 0 fully saturated rings. The highest BCUT2D eigenvalue weighted by atomic mass is 19.1. The van der Waals surface area contributed by atoms with Crippen LogP contribution < -0.4 is 0 Å². The zero-order chi connectivity index (χ0) is 16.3. The minimum atomic E-state index is -0.242. The largest absolute Gasteiger partial charge is 0.340 e. The van der Waals surface area contributed by atoms with Crippen LogP contribution >= 0.6 is 0 Å². The van der Waals surface area contributed by atoms with Gasteiger partial charge in [0.1, 0.15) is 11.5 Å². The molecule has 0 aliphatic rings. The quantitative estimate of drug-likeness (QED) is 0.825. The third-order valence-corrected chi connectivity index (χ3v) is 3.89. The molecule has 0 aliphatic carbocycles. The van der Waals surface area contributed by atoms with E-state index in [9.17, 15) is 9.18 Å². The van der Waals surface area contributed by atoms with Gasteiger partial charge in [-0.05, 0) is 38.0 Å². The van der Waals surface area contributed by atoms with Crippen molar-refractivity contribution in [2.75, 3.05) is 13.6 Å². The summed E-state index contributed by atoms with van der Waals surface area (Å²) in [7, 11) is 1.81. The van der Waals surface area contributed by atoms with Crippen LogP contribution in [0.1, 0.15) is 40.7 Å². The molecule has 0 unspecified atom stereocenters. The molecular formula is C18H23FN2O. The normalized spacial score (nSPS) is 10.8. The summed E-state index contributed by atoms with van der Waals surface area (Å²) in [4.78, 5) is 14.4. The van der Waals surface area contributed by atoms with Crippen molar-refractivity contribution in [3.05, 3.63) is 58.7 Å². The molecule has 1 aromatic heterocycles. The van der Waals surface area contributed by atoms with Gasteiger partial charge in [0.15, 0.2) is 0 Å². The molecule has 0 aliphatic heterocycles. The fourth-order valence-electron chi connectivity index (χ4n) is 2.75. The van der Waals surface area contributed by atoms with Crippen molar-refractivity contribution in [2.24, 2.45) is 0 Å². The highest BCUT2D eigenvalue weighted by molar-refractivity contribution is 5.94. The molecule has 0 saturated heterocycles. The zero-order valence-corrected chi connectivity index (χ0v) is 13.7. The topological polar surface area (TPSA) is 25.2 Å². The highest BCUT2D eigenvalue weighted by Gasteiger charge is 2.21. The number of hydrogen-bond acceptors (Lipinski definition) is 1. The minimum Gasteiger partial charge on any atom is -0.340 e. The summed E-state index contributed by atoms with van der Waals surface area (Å²) in [5, 5.41) is 0. The first kappa shape index (κ1) is 16.3. The van der Waals surface area contributed by atoms with Crippen molar-refractivity contribution in [1.82, 2.24) is 9.47 Å². The molecule has 0 bridgehead atoms. The van der Waals surface area contributed by atoms with Gasteiger partial charge in [-0.3, -0.25) is 4.79 Å². The van der Waals surface area contributed by atoms with Crippen LogP contribution in [0.5, 0.6) is 0 Å². The first-order valence-corrected chi connectivity index (χ1v) is 7.61. The first-order chi connectivity index (χ1) is 10.5. The van der Waals surface area contributed by atoms with Crippen molar-refractivity contribution in [1.29, 1.82) is 0 Å². The molecule has 2 aromatic rings. The van der Waals surface area contributed by atoms with E-state index in [1.165, 1.54) is 6.07 Å². The SMILES string of the molecule is CCCN(C)C(=O)c1c(C)cc(C)n1Cc1ccccc1F. The summed E-state index contributed by atoms with van der Waals surface area (Å²) in [6.45, 7) is 7.00. The fourth-order valence-corrected chi connectivity index (χ4v) is 2.75. The summed E-state index contributed by atoms with van der Waals surface area (Å²) in [5.41, 5.74) is 3.14. The Kier molecular flexibility index (Phi) is 5.01. The van der Waals surface area contributed by atoms with Gasteiger partial charge in [-0.2, -0.15) is 0 Å². The standard InChI is InChI=1S/C18H23FN2O/c1-5-10-20(4)18(22)17-13(2)11-14(3)21(17)12-15-8-6-7-9-16(15)19/h6-9,11H,5,10,12H2,1-4H3. The summed E-state index contributed by atoms with van der Waals surface area (Å²) in [5.74, 6) is -0.252. The molecule has 0 atom stereocenters. The Labute approximate surface area is 131 Å². The summed E-state index contributed by atoms with van der Waals surface area (Å²) >= 11 is 0. The zero-order valence-electron chi connectivity index (χ0n) is 13.7. The molecule has 118 valence electrons. The number of carbonyl (C=O) groups is 1. The van der Waals surface area contributed by atoms with E-state index in [-0.39, 0.29) is 11.7 Å². The Balaban J connectivity index is 2.40. The molecule has 22 heavy (non-hydrogen) atoms. The molecule has 1 heterocycles. The maximum absolute atomic E-state index is 13.9. The number of halogens is 1. The second-order valence-corrected chi connectivity index (χ2v) is 5.72. The molecule has 0 N–H and O–H groups in total. The highest BCUT2D eigenvalue weighted by Crippen LogP contribution is 2.20. The minimum absolute atomic E-state index is 0.0104. The Morgan fingerprint density at radius 2 is 1.95 bits per heavy atom. The molecule has 4 heteroatoms. The van der Waals surface area contributed by atoms with Gasteiger partial charge in [0.2, 0.25) is 0 Å². The van der Waals surface area contributed by atoms with E-state index in [0.717, 1.165) is 17.7 Å².